The molecule has 0 aliphatic carbocycles. The molecule has 158 valence electrons. The number of carbonyl (C=O) groups is 1. The highest BCUT2D eigenvalue weighted by molar-refractivity contribution is 7.89. The number of aryl methyl sites for hydroxylation is 1. The Morgan fingerprint density at radius 1 is 1.20 bits per heavy atom. The maximum Gasteiger partial charge on any atom is 0.269 e. The van der Waals surface area contributed by atoms with Crippen molar-refractivity contribution in [2.45, 2.75) is 36.8 Å². The molecule has 2 aromatic carbocycles. The van der Waals surface area contributed by atoms with Gasteiger partial charge in [0.2, 0.25) is 10.0 Å². The van der Waals surface area contributed by atoms with Crippen LogP contribution in [0.5, 0.6) is 0 Å². The molecule has 2 aromatic rings. The smallest absolute Gasteiger partial charge is 0.269 e. The van der Waals surface area contributed by atoms with E-state index >= 15 is 0 Å². The Labute approximate surface area is 174 Å². The Hall–Kier alpha value is -2.78. The van der Waals surface area contributed by atoms with Crippen molar-refractivity contribution < 1.29 is 22.4 Å². The molecule has 4 rings (SSSR count). The fourth-order valence-corrected chi connectivity index (χ4v) is 5.14. The molecule has 0 bridgehead atoms. The number of nitrogens with zero attached hydrogens (tertiary/aromatic N) is 2. The van der Waals surface area contributed by atoms with E-state index < -0.39 is 15.6 Å². The highest BCUT2D eigenvalue weighted by Gasteiger charge is 2.49. The van der Waals surface area contributed by atoms with Crippen LogP contribution in [0.15, 0.2) is 58.6 Å². The molecule has 2 heterocycles. The van der Waals surface area contributed by atoms with Crippen LogP contribution in [0.4, 0.5) is 4.39 Å². The molecule has 1 fully saturated rings. The van der Waals surface area contributed by atoms with Gasteiger partial charge in [0.25, 0.3) is 5.91 Å². The van der Waals surface area contributed by atoms with Gasteiger partial charge in [0, 0.05) is 25.9 Å². The SMILES string of the molecule is Cc1ccc(S(=O)(=O)N2CC[C@]3(CC(C(=O)NCc4ccc(F)cc4)=NO3)C2)cc1. The van der Waals surface area contributed by atoms with E-state index in [0.29, 0.717) is 13.0 Å². The predicted molar refractivity (Wildman–Crippen MR) is 109 cm³/mol. The molecule has 9 heteroatoms. The first kappa shape index (κ1) is 20.5. The van der Waals surface area contributed by atoms with Gasteiger partial charge in [0.1, 0.15) is 11.5 Å². The molecule has 30 heavy (non-hydrogen) atoms. The average molecular weight is 431 g/mol. The fraction of sp³-hybridized carbons (Fsp3) is 0.333. The fourth-order valence-electron chi connectivity index (χ4n) is 3.62. The normalized spacial score (nSPS) is 21.5. The first-order valence-electron chi connectivity index (χ1n) is 9.62. The van der Waals surface area contributed by atoms with Gasteiger partial charge in [0.15, 0.2) is 5.60 Å². The number of oxime groups is 1. The van der Waals surface area contributed by atoms with E-state index in [4.69, 9.17) is 4.84 Å². The second-order valence-electron chi connectivity index (χ2n) is 7.70. The summed E-state index contributed by atoms with van der Waals surface area (Å²) in [5.41, 5.74) is 1.15. The van der Waals surface area contributed by atoms with Crippen LogP contribution < -0.4 is 5.32 Å². The third-order valence-corrected chi connectivity index (χ3v) is 7.27. The van der Waals surface area contributed by atoms with Gasteiger partial charge in [-0.1, -0.05) is 35.0 Å². The molecule has 0 unspecified atom stereocenters. The van der Waals surface area contributed by atoms with Crippen molar-refractivity contribution in [1.82, 2.24) is 9.62 Å². The van der Waals surface area contributed by atoms with Crippen LogP contribution in [0.3, 0.4) is 0 Å². The number of amides is 1. The molecule has 2 aliphatic heterocycles. The summed E-state index contributed by atoms with van der Waals surface area (Å²) in [5, 5.41) is 6.66. The zero-order valence-electron chi connectivity index (χ0n) is 16.5. The van der Waals surface area contributed by atoms with Gasteiger partial charge in [-0.05, 0) is 36.8 Å². The molecule has 1 spiro atoms. The summed E-state index contributed by atoms with van der Waals surface area (Å²) >= 11 is 0. The van der Waals surface area contributed by atoms with E-state index in [0.717, 1.165) is 11.1 Å². The van der Waals surface area contributed by atoms with Gasteiger partial charge in [0.05, 0.1) is 11.4 Å². The zero-order chi connectivity index (χ0) is 21.4. The Morgan fingerprint density at radius 2 is 1.90 bits per heavy atom. The monoisotopic (exact) mass is 431 g/mol. The number of halogens is 1. The molecule has 0 aromatic heterocycles. The number of carbonyl (C=O) groups excluding carboxylic acids is 1. The molecular formula is C21H22FN3O4S. The molecular weight excluding hydrogens is 409 g/mol. The van der Waals surface area contributed by atoms with E-state index in [1.165, 1.54) is 16.4 Å². The molecule has 1 N–H and O–H groups in total. The number of rotatable bonds is 5. The molecule has 7 nitrogen and oxygen atoms in total. The van der Waals surface area contributed by atoms with Crippen molar-refractivity contribution >= 4 is 21.6 Å². The second-order valence-corrected chi connectivity index (χ2v) is 9.64. The topological polar surface area (TPSA) is 88.1 Å². The van der Waals surface area contributed by atoms with Gasteiger partial charge in [-0.3, -0.25) is 4.79 Å². The Bertz CT molecular complexity index is 1080. The van der Waals surface area contributed by atoms with Crippen LogP contribution in [0.1, 0.15) is 24.0 Å². The highest BCUT2D eigenvalue weighted by atomic mass is 32.2. The van der Waals surface area contributed by atoms with Crippen molar-refractivity contribution in [3.05, 3.63) is 65.5 Å². The van der Waals surface area contributed by atoms with Crippen molar-refractivity contribution in [2.75, 3.05) is 13.1 Å². The summed E-state index contributed by atoms with van der Waals surface area (Å²) in [6.07, 6.45) is 0.693. The number of hydrogen-bond donors (Lipinski definition) is 1. The summed E-state index contributed by atoms with van der Waals surface area (Å²) in [5.74, 6) is -0.719. The van der Waals surface area contributed by atoms with E-state index in [1.807, 2.05) is 6.92 Å². The van der Waals surface area contributed by atoms with Gasteiger partial charge in [-0.25, -0.2) is 12.8 Å². The van der Waals surface area contributed by atoms with E-state index in [1.54, 1.807) is 36.4 Å². The minimum atomic E-state index is -3.64. The zero-order valence-corrected chi connectivity index (χ0v) is 17.3. The summed E-state index contributed by atoms with van der Waals surface area (Å²) in [6.45, 7) is 2.57. The van der Waals surface area contributed by atoms with Crippen molar-refractivity contribution in [3.8, 4) is 0 Å². The first-order chi connectivity index (χ1) is 14.3. The van der Waals surface area contributed by atoms with Crippen LogP contribution in [0.25, 0.3) is 0 Å². The van der Waals surface area contributed by atoms with Crippen LogP contribution in [-0.4, -0.2) is 43.0 Å². The second kappa shape index (κ2) is 7.81. The molecule has 1 atom stereocenters. The maximum absolute atomic E-state index is 13.0. The number of hydrogen-bond acceptors (Lipinski definition) is 5. The first-order valence-corrected chi connectivity index (χ1v) is 11.1. The molecule has 1 saturated heterocycles. The molecule has 2 aliphatic rings. The van der Waals surface area contributed by atoms with Crippen molar-refractivity contribution in [2.24, 2.45) is 5.16 Å². The largest absolute Gasteiger partial charge is 0.387 e. The third kappa shape index (κ3) is 4.08. The highest BCUT2D eigenvalue weighted by Crippen LogP contribution is 2.36. The van der Waals surface area contributed by atoms with Gasteiger partial charge in [-0.2, -0.15) is 4.31 Å². The number of nitrogens with one attached hydrogen (secondary N) is 1. The lowest BCUT2D eigenvalue weighted by Crippen LogP contribution is -2.38. The Morgan fingerprint density at radius 3 is 2.60 bits per heavy atom. The van der Waals surface area contributed by atoms with Crippen LogP contribution in [0, 0.1) is 12.7 Å². The van der Waals surface area contributed by atoms with E-state index in [2.05, 4.69) is 10.5 Å². The Balaban J connectivity index is 1.37. The van der Waals surface area contributed by atoms with Gasteiger partial charge < -0.3 is 10.2 Å². The number of benzene rings is 2. The van der Waals surface area contributed by atoms with E-state index in [-0.39, 0.29) is 41.8 Å². The molecule has 1 amide bonds. The average Bonchev–Trinajstić information content (AvgIpc) is 3.35. The lowest BCUT2D eigenvalue weighted by molar-refractivity contribution is -0.115. The van der Waals surface area contributed by atoms with Crippen LogP contribution >= 0.6 is 0 Å². The standard InChI is InChI=1S/C21H22FN3O4S/c1-15-2-8-18(9-3-15)30(27,28)25-11-10-21(14-25)12-19(24-29-21)20(26)23-13-16-4-6-17(22)7-5-16/h2-9H,10-14H2,1H3,(H,23,26)/t21-/m0/s1. The summed E-state index contributed by atoms with van der Waals surface area (Å²) in [6, 6.07) is 12.5. The maximum atomic E-state index is 13.0. The molecule has 0 radical (unpaired) electrons. The third-order valence-electron chi connectivity index (χ3n) is 5.41. The summed E-state index contributed by atoms with van der Waals surface area (Å²) in [7, 11) is -3.64. The minimum absolute atomic E-state index is 0.140. The lowest BCUT2D eigenvalue weighted by atomic mass is 9.96. The summed E-state index contributed by atoms with van der Waals surface area (Å²) in [4.78, 5) is 18.2. The van der Waals surface area contributed by atoms with Crippen LogP contribution in [-0.2, 0) is 26.2 Å². The molecule has 0 saturated carbocycles. The van der Waals surface area contributed by atoms with Crippen LogP contribution in [0.2, 0.25) is 0 Å². The van der Waals surface area contributed by atoms with Crippen molar-refractivity contribution in [3.63, 3.8) is 0 Å². The van der Waals surface area contributed by atoms with Gasteiger partial charge in [-0.15, -0.1) is 0 Å². The van der Waals surface area contributed by atoms with E-state index in [9.17, 15) is 17.6 Å². The summed E-state index contributed by atoms with van der Waals surface area (Å²) < 4.78 is 40.2. The predicted octanol–water partition coefficient (Wildman–Crippen LogP) is 2.36. The number of sulfonamides is 1. The lowest BCUT2D eigenvalue weighted by Gasteiger charge is -2.21. The van der Waals surface area contributed by atoms with Gasteiger partial charge >= 0.3 is 0 Å². The van der Waals surface area contributed by atoms with Crippen molar-refractivity contribution in [1.29, 1.82) is 0 Å². The minimum Gasteiger partial charge on any atom is -0.387 e. The Kier molecular flexibility index (Phi) is 5.33. The quantitative estimate of drug-likeness (QED) is 0.787.